The highest BCUT2D eigenvalue weighted by Gasteiger charge is 2.33. The van der Waals surface area contributed by atoms with Crippen molar-refractivity contribution < 1.29 is 14.5 Å². The van der Waals surface area contributed by atoms with Gasteiger partial charge in [-0.3, -0.25) is 14.9 Å². The monoisotopic (exact) mass is 280 g/mol. The summed E-state index contributed by atoms with van der Waals surface area (Å²) in [5.41, 5.74) is 5.57. The minimum Gasteiger partial charge on any atom is -0.490 e. The Balaban J connectivity index is 2.50. The van der Waals surface area contributed by atoms with Gasteiger partial charge in [0.25, 0.3) is 0 Å². The number of hydrogen-bond donors (Lipinski definition) is 2. The first kappa shape index (κ1) is 14.1. The smallest absolute Gasteiger partial charge is 0.333 e. The Hall–Kier alpha value is -2.35. The second-order valence-corrected chi connectivity index (χ2v) is 4.40. The number of nitrogens with two attached hydrogens (primary N) is 1. The van der Waals surface area contributed by atoms with Crippen molar-refractivity contribution in [1.29, 1.82) is 0 Å². The molecule has 0 aromatic heterocycles. The van der Waals surface area contributed by atoms with Gasteiger partial charge in [-0.15, -0.1) is 0 Å². The van der Waals surface area contributed by atoms with E-state index in [2.05, 4.69) is 5.32 Å². The third kappa shape index (κ3) is 2.50. The van der Waals surface area contributed by atoms with E-state index in [9.17, 15) is 14.9 Å². The van der Waals surface area contributed by atoms with Gasteiger partial charge in [0.15, 0.2) is 5.75 Å². The molecule has 0 radical (unpaired) electrons. The Bertz CT molecular complexity index is 534. The van der Waals surface area contributed by atoms with Crippen LogP contribution in [-0.4, -0.2) is 43.6 Å². The van der Waals surface area contributed by atoms with E-state index < -0.39 is 16.9 Å². The predicted molar refractivity (Wildman–Crippen MR) is 72.8 cm³/mol. The number of nitro groups is 1. The van der Waals surface area contributed by atoms with Crippen LogP contribution in [0.4, 0.5) is 11.4 Å². The van der Waals surface area contributed by atoms with Crippen LogP contribution in [0.2, 0.25) is 0 Å². The lowest BCUT2D eigenvalue weighted by Crippen LogP contribution is -2.57. The Labute approximate surface area is 115 Å². The number of benzene rings is 1. The fraction of sp³-hybridized carbons (Fsp3) is 0.417. The van der Waals surface area contributed by atoms with Crippen LogP contribution < -0.4 is 20.7 Å². The highest BCUT2D eigenvalue weighted by molar-refractivity contribution is 5.86. The minimum atomic E-state index is -0.616. The quantitative estimate of drug-likeness (QED) is 0.587. The molecule has 0 aliphatic carbocycles. The van der Waals surface area contributed by atoms with Crippen molar-refractivity contribution in [3.8, 4) is 5.75 Å². The summed E-state index contributed by atoms with van der Waals surface area (Å²) in [5.74, 6) is -0.358. The number of anilines is 1. The average molecular weight is 280 g/mol. The van der Waals surface area contributed by atoms with Gasteiger partial charge in [-0.05, 0) is 12.1 Å². The van der Waals surface area contributed by atoms with Crippen molar-refractivity contribution in [1.82, 2.24) is 5.32 Å². The molecule has 3 N–H and O–H groups in total. The zero-order chi connectivity index (χ0) is 14.7. The summed E-state index contributed by atoms with van der Waals surface area (Å²) in [5, 5.41) is 14.3. The summed E-state index contributed by atoms with van der Waals surface area (Å²) in [7, 11) is 1.37. The van der Waals surface area contributed by atoms with Crippen molar-refractivity contribution in [3.63, 3.8) is 0 Å². The predicted octanol–water partition coefficient (Wildman–Crippen LogP) is -0.133. The van der Waals surface area contributed by atoms with Crippen LogP contribution in [0.3, 0.4) is 0 Å². The molecule has 0 spiro atoms. The number of hydrogen-bond acceptors (Lipinski definition) is 6. The van der Waals surface area contributed by atoms with Crippen LogP contribution in [0.15, 0.2) is 18.2 Å². The van der Waals surface area contributed by atoms with Gasteiger partial charge in [-0.2, -0.15) is 0 Å². The zero-order valence-electron chi connectivity index (χ0n) is 11.0. The van der Waals surface area contributed by atoms with E-state index in [1.165, 1.54) is 13.2 Å². The summed E-state index contributed by atoms with van der Waals surface area (Å²) in [6.45, 7) is 1.45. The number of ether oxygens (including phenoxy) is 1. The second-order valence-electron chi connectivity index (χ2n) is 4.40. The molecule has 1 saturated heterocycles. The summed E-state index contributed by atoms with van der Waals surface area (Å²) in [6, 6.07) is 4.15. The molecule has 2 rings (SSSR count). The standard InChI is InChI=1S/C12H16N4O4/c1-20-10-4-2-3-8(11(10)16(18)19)15-6-5-14-7-9(15)12(13)17/h2-4,9,14H,5-7H2,1H3,(H2,13,17). The molecular formula is C12H16N4O4. The van der Waals surface area contributed by atoms with Gasteiger partial charge in [-0.25, -0.2) is 0 Å². The molecule has 108 valence electrons. The average Bonchev–Trinajstić information content (AvgIpc) is 2.46. The number of piperazine rings is 1. The van der Waals surface area contributed by atoms with E-state index in [4.69, 9.17) is 10.5 Å². The number of nitrogens with zero attached hydrogens (tertiary/aromatic N) is 2. The second kappa shape index (κ2) is 5.74. The number of rotatable bonds is 4. The summed E-state index contributed by atoms with van der Waals surface area (Å²) in [4.78, 5) is 23.9. The Morgan fingerprint density at radius 2 is 2.35 bits per heavy atom. The third-order valence-electron chi connectivity index (χ3n) is 3.26. The molecule has 0 bridgehead atoms. The van der Waals surface area contributed by atoms with Gasteiger partial charge in [-0.1, -0.05) is 6.07 Å². The fourth-order valence-corrected chi connectivity index (χ4v) is 2.34. The third-order valence-corrected chi connectivity index (χ3v) is 3.26. The van der Waals surface area contributed by atoms with Crippen molar-refractivity contribution in [2.75, 3.05) is 31.6 Å². The van der Waals surface area contributed by atoms with Crippen molar-refractivity contribution in [2.45, 2.75) is 6.04 Å². The highest BCUT2D eigenvalue weighted by Crippen LogP contribution is 2.37. The molecule has 8 nitrogen and oxygen atoms in total. The summed E-state index contributed by atoms with van der Waals surface area (Å²) < 4.78 is 5.03. The van der Waals surface area contributed by atoms with Crippen LogP contribution in [0.25, 0.3) is 0 Å². The van der Waals surface area contributed by atoms with Crippen LogP contribution in [0, 0.1) is 10.1 Å². The molecule has 20 heavy (non-hydrogen) atoms. The van der Waals surface area contributed by atoms with E-state index in [1.807, 2.05) is 0 Å². The van der Waals surface area contributed by atoms with Crippen LogP contribution in [0.5, 0.6) is 5.75 Å². The lowest BCUT2D eigenvalue weighted by molar-refractivity contribution is -0.385. The maximum absolute atomic E-state index is 11.5. The highest BCUT2D eigenvalue weighted by atomic mass is 16.6. The molecule has 1 heterocycles. The lowest BCUT2D eigenvalue weighted by atomic mass is 10.1. The number of primary amides is 1. The van der Waals surface area contributed by atoms with E-state index in [-0.39, 0.29) is 11.4 Å². The topological polar surface area (TPSA) is 111 Å². The number of para-hydroxylation sites is 1. The Kier molecular flexibility index (Phi) is 4.04. The summed E-state index contributed by atoms with van der Waals surface area (Å²) >= 11 is 0. The van der Waals surface area contributed by atoms with E-state index in [0.717, 1.165) is 0 Å². The normalized spacial score (nSPS) is 18.6. The Morgan fingerprint density at radius 3 is 2.95 bits per heavy atom. The first-order chi connectivity index (χ1) is 9.56. The molecule has 8 heteroatoms. The molecule has 1 fully saturated rings. The Morgan fingerprint density at radius 1 is 1.60 bits per heavy atom. The van der Waals surface area contributed by atoms with Gasteiger partial charge < -0.3 is 20.7 Å². The molecule has 1 unspecified atom stereocenters. The fourth-order valence-electron chi connectivity index (χ4n) is 2.34. The largest absolute Gasteiger partial charge is 0.490 e. The van der Waals surface area contributed by atoms with Crippen molar-refractivity contribution in [2.24, 2.45) is 5.73 Å². The van der Waals surface area contributed by atoms with Gasteiger partial charge >= 0.3 is 5.69 Å². The number of amides is 1. The number of carbonyl (C=O) groups is 1. The van der Waals surface area contributed by atoms with Crippen molar-refractivity contribution >= 4 is 17.3 Å². The van der Waals surface area contributed by atoms with Gasteiger partial charge in [0.2, 0.25) is 5.91 Å². The van der Waals surface area contributed by atoms with Gasteiger partial charge in [0.1, 0.15) is 11.7 Å². The number of nitro benzene ring substituents is 1. The molecule has 1 aromatic rings. The van der Waals surface area contributed by atoms with Crippen LogP contribution in [-0.2, 0) is 4.79 Å². The van der Waals surface area contributed by atoms with Crippen LogP contribution in [0.1, 0.15) is 0 Å². The number of carbonyl (C=O) groups excluding carboxylic acids is 1. The molecule has 1 amide bonds. The number of nitrogens with one attached hydrogen (secondary N) is 1. The maximum atomic E-state index is 11.5. The van der Waals surface area contributed by atoms with Crippen molar-refractivity contribution in [3.05, 3.63) is 28.3 Å². The van der Waals surface area contributed by atoms with Gasteiger partial charge in [0.05, 0.1) is 12.0 Å². The SMILES string of the molecule is COc1cccc(N2CCNCC2C(N)=O)c1[N+](=O)[O-]. The molecule has 1 atom stereocenters. The molecular weight excluding hydrogens is 264 g/mol. The molecule has 1 aliphatic heterocycles. The van der Waals surface area contributed by atoms with E-state index in [1.54, 1.807) is 17.0 Å². The molecule has 1 aliphatic rings. The summed E-state index contributed by atoms with van der Waals surface area (Å²) in [6.07, 6.45) is 0. The minimum absolute atomic E-state index is 0.150. The number of methoxy groups -OCH3 is 1. The first-order valence-electron chi connectivity index (χ1n) is 6.14. The first-order valence-corrected chi connectivity index (χ1v) is 6.14. The van der Waals surface area contributed by atoms with E-state index in [0.29, 0.717) is 25.3 Å². The van der Waals surface area contributed by atoms with E-state index >= 15 is 0 Å². The molecule has 1 aromatic carbocycles. The van der Waals surface area contributed by atoms with Crippen LogP contribution >= 0.6 is 0 Å². The lowest BCUT2D eigenvalue weighted by Gasteiger charge is -2.35. The zero-order valence-corrected chi connectivity index (χ0v) is 11.0. The molecule has 0 saturated carbocycles. The maximum Gasteiger partial charge on any atom is 0.333 e. The van der Waals surface area contributed by atoms with Gasteiger partial charge in [0, 0.05) is 19.6 Å².